The maximum Gasteiger partial charge on any atom is 0.217 e. The molecule has 8 aliphatic rings. The molecule has 25 N–H and O–H groups in total. The fourth-order valence-corrected chi connectivity index (χ4v) is 12.1. The van der Waals surface area contributed by atoms with E-state index in [9.17, 15) is 127 Å². The molecule has 1 amide bonds. The highest BCUT2D eigenvalue weighted by Gasteiger charge is 2.62. The standard InChI is InChI=1S/C51H87NO41/c1-11(61)52-20-28(69)21(62)12(3-53)80-45(20)91-41-38(88-46-33(74)29(70)22(63)13(4-54)81-46)25(66)16(7-57)85-50(41)89-40-27(68)18(9-59)86-51(43(40)93-48-35(76)37(78-2)24(65)15(6-56)83-48)90-39-26(67)17(8-58)84-49(87-36-19(10-60)79-44(77)32(73)31(36)72)42(39)92-47-34(75)30(71)23(64)14(5-55)82-47/h12-51,53-60,62-77H,3-10H2,1-2H3,(H,52,61)/t12-,13-,14-,15-,16-,17-,18-,19-,20-,21-,22+,23+,24+,25+,26+,27+,28-,29+,30+,31-,32-,33-,34-,35-,36-,37+,38+,39+,40+,41-,42-,43-,44-,45-,46-,47-,48-,49+,50-,51-/m1/s1. The lowest BCUT2D eigenvalue weighted by atomic mass is 9.94. The fourth-order valence-electron chi connectivity index (χ4n) is 12.1. The summed E-state index contributed by atoms with van der Waals surface area (Å²) < 4.78 is 95.3. The first-order chi connectivity index (χ1) is 44.2. The first-order valence-electron chi connectivity index (χ1n) is 29.6. The van der Waals surface area contributed by atoms with Crippen LogP contribution in [0.5, 0.6) is 0 Å². The van der Waals surface area contributed by atoms with Gasteiger partial charge in [-0.15, -0.1) is 0 Å². The average Bonchev–Trinajstić information content (AvgIpc) is 0.765. The summed E-state index contributed by atoms with van der Waals surface area (Å²) in [5, 5.41) is 266. The number of aliphatic hydroxyl groups is 24. The van der Waals surface area contributed by atoms with Crippen molar-refractivity contribution in [3.63, 3.8) is 0 Å². The van der Waals surface area contributed by atoms with E-state index in [1.165, 1.54) is 0 Å². The van der Waals surface area contributed by atoms with E-state index in [1.807, 2.05) is 0 Å². The predicted molar refractivity (Wildman–Crippen MR) is 281 cm³/mol. The predicted octanol–water partition coefficient (Wildman–Crippen LogP) is -17.7. The van der Waals surface area contributed by atoms with Crippen molar-refractivity contribution < 1.29 is 203 Å². The molecule has 8 fully saturated rings. The first-order valence-corrected chi connectivity index (χ1v) is 29.6. The van der Waals surface area contributed by atoms with Crippen molar-refractivity contribution in [1.82, 2.24) is 5.32 Å². The van der Waals surface area contributed by atoms with Gasteiger partial charge < -0.3 is 204 Å². The third kappa shape index (κ3) is 16.1. The third-order valence-electron chi connectivity index (χ3n) is 17.3. The van der Waals surface area contributed by atoms with Gasteiger partial charge in [-0.3, -0.25) is 4.79 Å². The Bertz CT molecular complexity index is 2280. The smallest absolute Gasteiger partial charge is 0.217 e. The van der Waals surface area contributed by atoms with E-state index in [-0.39, 0.29) is 0 Å². The summed E-state index contributed by atoms with van der Waals surface area (Å²) in [7, 11) is 1.01. The molecule has 42 nitrogen and oxygen atoms in total. The summed E-state index contributed by atoms with van der Waals surface area (Å²) in [6.07, 6.45) is -83.6. The van der Waals surface area contributed by atoms with Crippen molar-refractivity contribution in [2.45, 2.75) is 253 Å². The van der Waals surface area contributed by atoms with Crippen LogP contribution < -0.4 is 5.32 Å². The topological polar surface area (TPSA) is 662 Å². The van der Waals surface area contributed by atoms with Crippen LogP contribution in [0.2, 0.25) is 0 Å². The van der Waals surface area contributed by atoms with Crippen LogP contribution in [0.4, 0.5) is 0 Å². The Labute approximate surface area is 526 Å². The molecule has 0 aromatic heterocycles. The normalized spacial score (nSPS) is 51.7. The minimum absolute atomic E-state index is 0.912. The maximum absolute atomic E-state index is 12.7. The molecule has 542 valence electrons. The van der Waals surface area contributed by atoms with E-state index in [0.717, 1.165) is 14.0 Å². The van der Waals surface area contributed by atoms with E-state index in [1.54, 1.807) is 0 Å². The molecule has 0 aromatic carbocycles. The number of amides is 1. The van der Waals surface area contributed by atoms with Gasteiger partial charge in [-0.25, -0.2) is 0 Å². The van der Waals surface area contributed by atoms with E-state index in [2.05, 4.69) is 5.32 Å². The van der Waals surface area contributed by atoms with Gasteiger partial charge in [0.15, 0.2) is 50.3 Å². The zero-order valence-corrected chi connectivity index (χ0v) is 49.4. The highest BCUT2D eigenvalue weighted by atomic mass is 16.8. The Kier molecular flexibility index (Phi) is 27.5. The number of hydrogen-bond donors (Lipinski definition) is 25. The molecule has 42 heteroatoms. The van der Waals surface area contributed by atoms with Crippen LogP contribution in [0.3, 0.4) is 0 Å². The lowest BCUT2D eigenvalue weighted by molar-refractivity contribution is -0.426. The Morgan fingerprint density at radius 3 is 0.914 bits per heavy atom. The number of carbonyl (C=O) groups excluding carboxylic acids is 1. The van der Waals surface area contributed by atoms with Gasteiger partial charge >= 0.3 is 0 Å². The average molecular weight is 1370 g/mol. The number of rotatable bonds is 24. The van der Waals surface area contributed by atoms with E-state index < -0.39 is 304 Å². The van der Waals surface area contributed by atoms with E-state index in [4.69, 9.17) is 75.8 Å². The molecule has 0 spiro atoms. The molecule has 40 atom stereocenters. The van der Waals surface area contributed by atoms with Crippen molar-refractivity contribution in [1.29, 1.82) is 0 Å². The zero-order valence-electron chi connectivity index (χ0n) is 49.4. The number of aliphatic hydroxyl groups excluding tert-OH is 24. The van der Waals surface area contributed by atoms with Gasteiger partial charge in [-0.1, -0.05) is 0 Å². The van der Waals surface area contributed by atoms with Crippen molar-refractivity contribution >= 4 is 5.91 Å². The summed E-state index contributed by atoms with van der Waals surface area (Å²) in [5.41, 5.74) is 0. The van der Waals surface area contributed by atoms with Crippen molar-refractivity contribution in [3.8, 4) is 0 Å². The van der Waals surface area contributed by atoms with Crippen LogP contribution in [-0.4, -0.2) is 434 Å². The number of hydrogen-bond acceptors (Lipinski definition) is 41. The molecule has 0 aromatic rings. The highest BCUT2D eigenvalue weighted by Crippen LogP contribution is 2.41. The van der Waals surface area contributed by atoms with Crippen molar-refractivity contribution in [2.24, 2.45) is 0 Å². The van der Waals surface area contributed by atoms with Crippen LogP contribution in [0.15, 0.2) is 0 Å². The summed E-state index contributed by atoms with van der Waals surface area (Å²) >= 11 is 0. The third-order valence-corrected chi connectivity index (χ3v) is 17.3. The minimum Gasteiger partial charge on any atom is -0.394 e. The number of methoxy groups -OCH3 is 1. The van der Waals surface area contributed by atoms with Crippen LogP contribution in [0.1, 0.15) is 6.92 Å². The largest absolute Gasteiger partial charge is 0.394 e. The monoisotopic (exact) mass is 1370 g/mol. The summed E-state index contributed by atoms with van der Waals surface area (Å²) in [6, 6.07) is -1.88. The number of ether oxygens (including phenoxy) is 16. The second-order valence-electron chi connectivity index (χ2n) is 23.3. The molecule has 93 heavy (non-hydrogen) atoms. The number of nitrogens with one attached hydrogen (secondary N) is 1. The molecule has 8 heterocycles. The van der Waals surface area contributed by atoms with Gasteiger partial charge in [-0.2, -0.15) is 0 Å². The van der Waals surface area contributed by atoms with Crippen molar-refractivity contribution in [3.05, 3.63) is 0 Å². The summed E-state index contributed by atoms with van der Waals surface area (Å²) in [5.74, 6) is -0.912. The van der Waals surface area contributed by atoms with E-state index in [0.29, 0.717) is 0 Å². The zero-order chi connectivity index (χ0) is 68.3. The first kappa shape index (κ1) is 76.6. The molecule has 8 rings (SSSR count). The quantitative estimate of drug-likeness (QED) is 0.0427. The van der Waals surface area contributed by atoms with Crippen LogP contribution in [-0.2, 0) is 80.6 Å². The Morgan fingerprint density at radius 2 is 0.559 bits per heavy atom. The van der Waals surface area contributed by atoms with Crippen LogP contribution >= 0.6 is 0 Å². The van der Waals surface area contributed by atoms with Gasteiger partial charge in [0, 0.05) is 14.0 Å². The van der Waals surface area contributed by atoms with Crippen LogP contribution in [0.25, 0.3) is 0 Å². The van der Waals surface area contributed by atoms with Gasteiger partial charge in [0.05, 0.1) is 52.9 Å². The molecular formula is C51H87NO41. The van der Waals surface area contributed by atoms with Gasteiger partial charge in [-0.05, 0) is 0 Å². The fraction of sp³-hybridized carbons (Fsp3) is 0.980. The second-order valence-corrected chi connectivity index (χ2v) is 23.3. The Morgan fingerprint density at radius 1 is 0.280 bits per heavy atom. The molecule has 8 saturated heterocycles. The molecule has 0 unspecified atom stereocenters. The lowest BCUT2D eigenvalue weighted by Gasteiger charge is -2.53. The highest BCUT2D eigenvalue weighted by molar-refractivity contribution is 5.73. The molecular weight excluding hydrogens is 1280 g/mol. The van der Waals surface area contributed by atoms with E-state index >= 15 is 0 Å². The molecule has 8 aliphatic heterocycles. The molecule has 0 saturated carbocycles. The summed E-state index contributed by atoms with van der Waals surface area (Å²) in [4.78, 5) is 12.7. The number of carbonyl (C=O) groups is 1. The summed E-state index contributed by atoms with van der Waals surface area (Å²) in [6.45, 7) is -8.05. The minimum atomic E-state index is -2.51. The molecule has 0 radical (unpaired) electrons. The van der Waals surface area contributed by atoms with Crippen LogP contribution in [0, 0.1) is 0 Å². The maximum atomic E-state index is 12.7. The molecule has 0 aliphatic carbocycles. The van der Waals surface area contributed by atoms with Gasteiger partial charge in [0.2, 0.25) is 5.91 Å². The lowest BCUT2D eigenvalue weighted by Crippen LogP contribution is -2.71. The molecule has 0 bridgehead atoms. The Balaban J connectivity index is 1.27. The SMILES string of the molecule is CO[C@H]1[C@@H](O)[C@@H](CO)O[C@H](O[C@H]2[C@@H](O[C@H]3[C@@H](O)[C@@H](CO)O[C@@H](O[C@H]4[C@H](O)[C@@H](O)[C@H](O)O[C@@H]4CO)[C@@H]3O[C@H]3O[C@H](CO)[C@H](O)[C@H](O)[C@H]3O)O[C@H](CO)[C@H](O)[C@@H]2O[C@H]2O[C@H](CO)[C@H](O)[C@H](O[C@H]3O[C@H](CO)[C@H](O)[C@H](O)[C@H]3O)[C@H]2O[C@H]2O[C@H](CO)[C@@H](O)[C@H](O)[C@H]2NC(C)=O)[C@@H]1O. The second kappa shape index (κ2) is 33.4. The van der Waals surface area contributed by atoms with Gasteiger partial charge in [0.1, 0.15) is 195 Å². The van der Waals surface area contributed by atoms with Crippen molar-refractivity contribution in [2.75, 3.05) is 60.0 Å². The Hall–Kier alpha value is -2.13. The van der Waals surface area contributed by atoms with Gasteiger partial charge in [0.25, 0.3) is 0 Å².